The van der Waals surface area contributed by atoms with Crippen molar-refractivity contribution < 1.29 is 4.79 Å². The van der Waals surface area contributed by atoms with E-state index in [-0.39, 0.29) is 5.92 Å². The van der Waals surface area contributed by atoms with Crippen LogP contribution in [-0.4, -0.2) is 32.2 Å². The van der Waals surface area contributed by atoms with Crippen molar-refractivity contribution in [2.24, 2.45) is 5.92 Å². The summed E-state index contributed by atoms with van der Waals surface area (Å²) >= 11 is 0. The van der Waals surface area contributed by atoms with Gasteiger partial charge in [-0.25, -0.2) is 0 Å². The molecule has 1 fully saturated rings. The van der Waals surface area contributed by atoms with Gasteiger partial charge in [0.25, 0.3) is 0 Å². The number of carbonyl (C=O) groups excluding carboxylic acids is 1. The van der Waals surface area contributed by atoms with Crippen molar-refractivity contribution in [3.05, 3.63) is 0 Å². The smallest absolute Gasteiger partial charge is 0.182 e. The Kier molecular flexibility index (Phi) is 1.68. The lowest BCUT2D eigenvalue weighted by molar-refractivity contribution is -0.110. The molecule has 0 bridgehead atoms. The van der Waals surface area contributed by atoms with E-state index in [0.717, 1.165) is 25.8 Å². The van der Waals surface area contributed by atoms with E-state index in [1.165, 1.54) is 0 Å². The third kappa shape index (κ3) is 1.10. The number of rotatable bonds is 1. The van der Waals surface area contributed by atoms with Crippen molar-refractivity contribution in [2.75, 3.05) is 13.1 Å². The Balaban J connectivity index is 2.32. The van der Waals surface area contributed by atoms with Crippen LogP contribution >= 0.6 is 0 Å². The van der Waals surface area contributed by atoms with Crippen LogP contribution in [0.5, 0.6) is 0 Å². The number of aldehydes is 1. The minimum atomic E-state index is 0.194. The van der Waals surface area contributed by atoms with Crippen LogP contribution in [0.3, 0.4) is 0 Å². The van der Waals surface area contributed by atoms with Gasteiger partial charge in [-0.2, -0.15) is 0 Å². The number of carbonyl (C=O) groups is 1. The zero-order chi connectivity index (χ0) is 5.98. The predicted molar refractivity (Wildman–Crippen MR) is 31.5 cm³/mol. The molecule has 2 radical (unpaired) electrons. The molecule has 0 saturated carbocycles. The van der Waals surface area contributed by atoms with E-state index in [0.29, 0.717) is 0 Å². The molecule has 0 aliphatic carbocycles. The van der Waals surface area contributed by atoms with Crippen LogP contribution in [-0.2, 0) is 4.79 Å². The summed E-state index contributed by atoms with van der Waals surface area (Å²) in [5, 5.41) is 0. The molecule has 2 nitrogen and oxygen atoms in total. The van der Waals surface area contributed by atoms with Gasteiger partial charge in [-0.1, -0.05) is 0 Å². The standard InChI is InChI=1S/C5H8BNO/c6-7-2-1-5(3-7)4-8/h4-5H,1-3H2. The lowest BCUT2D eigenvalue weighted by Crippen LogP contribution is -2.16. The van der Waals surface area contributed by atoms with Crippen LogP contribution in [0, 0.1) is 5.92 Å². The highest BCUT2D eigenvalue weighted by Gasteiger charge is 2.16. The highest BCUT2D eigenvalue weighted by Crippen LogP contribution is 2.09. The Morgan fingerprint density at radius 2 is 2.50 bits per heavy atom. The van der Waals surface area contributed by atoms with E-state index in [9.17, 15) is 4.79 Å². The lowest BCUT2D eigenvalue weighted by Gasteiger charge is -2.03. The molecule has 1 saturated heterocycles. The number of hydrogen-bond acceptors (Lipinski definition) is 2. The average molecular weight is 109 g/mol. The molecule has 0 amide bonds. The topological polar surface area (TPSA) is 20.3 Å². The lowest BCUT2D eigenvalue weighted by atomic mass is 10.1. The first-order valence-electron chi connectivity index (χ1n) is 2.78. The molecule has 8 heavy (non-hydrogen) atoms. The SMILES string of the molecule is [B]N1CCC(C=O)C1. The van der Waals surface area contributed by atoms with E-state index in [4.69, 9.17) is 7.98 Å². The van der Waals surface area contributed by atoms with Gasteiger partial charge in [-0.15, -0.1) is 0 Å². The zero-order valence-corrected chi connectivity index (χ0v) is 4.71. The summed E-state index contributed by atoms with van der Waals surface area (Å²) in [4.78, 5) is 11.8. The normalized spacial score (nSPS) is 30.8. The van der Waals surface area contributed by atoms with Gasteiger partial charge >= 0.3 is 0 Å². The van der Waals surface area contributed by atoms with Crippen LogP contribution in [0.25, 0.3) is 0 Å². The summed E-state index contributed by atoms with van der Waals surface area (Å²) < 4.78 is 0. The first-order chi connectivity index (χ1) is 3.83. The van der Waals surface area contributed by atoms with Crippen LogP contribution in [0.2, 0.25) is 0 Å². The molecule has 1 unspecified atom stereocenters. The van der Waals surface area contributed by atoms with Crippen molar-refractivity contribution in [2.45, 2.75) is 6.42 Å². The molecule has 42 valence electrons. The Labute approximate surface area is 50.3 Å². The van der Waals surface area contributed by atoms with Crippen LogP contribution in [0.4, 0.5) is 0 Å². The minimum Gasteiger partial charge on any atom is -0.353 e. The molecule has 1 aliphatic heterocycles. The van der Waals surface area contributed by atoms with Gasteiger partial charge < -0.3 is 9.61 Å². The fourth-order valence-electron chi connectivity index (χ4n) is 0.927. The summed E-state index contributed by atoms with van der Waals surface area (Å²) in [6.45, 7) is 1.60. The van der Waals surface area contributed by atoms with Crippen LogP contribution in [0.15, 0.2) is 0 Å². The zero-order valence-electron chi connectivity index (χ0n) is 4.71. The molecule has 0 aromatic rings. The molecular formula is C5H8BNO. The van der Waals surface area contributed by atoms with Gasteiger partial charge in [-0.3, -0.25) is 0 Å². The molecular weight excluding hydrogens is 101 g/mol. The molecule has 1 aliphatic rings. The van der Waals surface area contributed by atoms with Crippen molar-refractivity contribution in [3.8, 4) is 0 Å². The number of nitrogens with zero attached hydrogens (tertiary/aromatic N) is 1. The fraction of sp³-hybridized carbons (Fsp3) is 0.800. The fourth-order valence-corrected chi connectivity index (χ4v) is 0.927. The maximum atomic E-state index is 10.1. The molecule has 0 N–H and O–H groups in total. The quantitative estimate of drug-likeness (QED) is 0.337. The first-order valence-corrected chi connectivity index (χ1v) is 2.78. The molecule has 1 heterocycles. The van der Waals surface area contributed by atoms with E-state index in [1.54, 1.807) is 4.81 Å². The summed E-state index contributed by atoms with van der Waals surface area (Å²) in [6.07, 6.45) is 1.91. The van der Waals surface area contributed by atoms with Gasteiger partial charge in [-0.05, 0) is 19.5 Å². The van der Waals surface area contributed by atoms with Gasteiger partial charge in [0.05, 0.1) is 0 Å². The summed E-state index contributed by atoms with van der Waals surface area (Å²) in [5.74, 6) is 0.194. The largest absolute Gasteiger partial charge is 0.353 e. The molecule has 1 rings (SSSR count). The second-order valence-corrected chi connectivity index (χ2v) is 2.18. The van der Waals surface area contributed by atoms with Gasteiger partial charge in [0.2, 0.25) is 0 Å². The number of hydrogen-bond donors (Lipinski definition) is 0. The summed E-state index contributed by atoms with van der Waals surface area (Å²) in [6, 6.07) is 0. The van der Waals surface area contributed by atoms with Crippen molar-refractivity contribution in [1.82, 2.24) is 4.81 Å². The Hall–Kier alpha value is -0.305. The molecule has 0 spiro atoms. The maximum Gasteiger partial charge on any atom is 0.182 e. The monoisotopic (exact) mass is 109 g/mol. The third-order valence-corrected chi connectivity index (χ3v) is 1.45. The van der Waals surface area contributed by atoms with Gasteiger partial charge in [0.15, 0.2) is 7.98 Å². The second-order valence-electron chi connectivity index (χ2n) is 2.18. The van der Waals surface area contributed by atoms with Crippen LogP contribution < -0.4 is 0 Å². The minimum absolute atomic E-state index is 0.194. The van der Waals surface area contributed by atoms with Gasteiger partial charge in [0, 0.05) is 5.92 Å². The Bertz CT molecular complexity index is 96.4. The van der Waals surface area contributed by atoms with E-state index >= 15 is 0 Å². The predicted octanol–water partition coefficient (Wildman–Crippen LogP) is -0.409. The van der Waals surface area contributed by atoms with Crippen LogP contribution in [0.1, 0.15) is 6.42 Å². The van der Waals surface area contributed by atoms with E-state index < -0.39 is 0 Å². The Morgan fingerprint density at radius 1 is 1.75 bits per heavy atom. The highest BCUT2D eigenvalue weighted by atomic mass is 16.1. The maximum absolute atomic E-state index is 10.1. The van der Waals surface area contributed by atoms with Crippen molar-refractivity contribution >= 4 is 14.3 Å². The second kappa shape index (κ2) is 2.31. The van der Waals surface area contributed by atoms with Crippen molar-refractivity contribution in [3.63, 3.8) is 0 Å². The average Bonchev–Trinajstić information content (AvgIpc) is 2.14. The molecule has 3 heteroatoms. The summed E-state index contributed by atoms with van der Waals surface area (Å²) in [7, 11) is 5.38. The summed E-state index contributed by atoms with van der Waals surface area (Å²) in [5.41, 5.74) is 0. The molecule has 1 atom stereocenters. The Morgan fingerprint density at radius 3 is 2.75 bits per heavy atom. The third-order valence-electron chi connectivity index (χ3n) is 1.45. The van der Waals surface area contributed by atoms with E-state index in [2.05, 4.69) is 0 Å². The highest BCUT2D eigenvalue weighted by molar-refractivity contribution is 6.04. The van der Waals surface area contributed by atoms with E-state index in [1.807, 2.05) is 0 Å². The molecule has 0 aromatic carbocycles. The molecule has 0 aromatic heterocycles. The first kappa shape index (κ1) is 5.82. The van der Waals surface area contributed by atoms with Crippen molar-refractivity contribution in [1.29, 1.82) is 0 Å². The van der Waals surface area contributed by atoms with Gasteiger partial charge in [0.1, 0.15) is 6.29 Å².